The summed E-state index contributed by atoms with van der Waals surface area (Å²) < 4.78 is 19.7. The normalized spacial score (nSPS) is 47.6. The molecule has 0 saturated carbocycles. The number of rotatable bonds is 1. The molecule has 5 unspecified atom stereocenters. The Morgan fingerprint density at radius 1 is 1.07 bits per heavy atom. The van der Waals surface area contributed by atoms with Gasteiger partial charge < -0.3 is 24.1 Å². The van der Waals surface area contributed by atoms with Crippen molar-refractivity contribution in [3.05, 3.63) is 0 Å². The minimum Gasteiger partial charge on any atom is -0.427 e. The molecule has 1 N–H and O–H groups in total. The lowest BCUT2D eigenvalue weighted by Crippen LogP contribution is -2.39. The Morgan fingerprint density at radius 3 is 2.21 bits per heavy atom. The maximum absolute atomic E-state index is 10.8. The Labute approximate surface area is 80.7 Å². The molecular weight excluding hydrogens is 192 g/mol. The highest BCUT2D eigenvalue weighted by atomic mass is 16.8. The largest absolute Gasteiger partial charge is 0.509 e. The molecule has 2 aliphatic heterocycles. The van der Waals surface area contributed by atoms with E-state index in [0.717, 1.165) is 0 Å². The van der Waals surface area contributed by atoms with Crippen LogP contribution < -0.4 is 0 Å². The highest BCUT2D eigenvalue weighted by Gasteiger charge is 2.47. The van der Waals surface area contributed by atoms with Crippen LogP contribution in [0.4, 0.5) is 4.79 Å². The first-order chi connectivity index (χ1) is 6.58. The molecule has 0 spiro atoms. The zero-order valence-corrected chi connectivity index (χ0v) is 7.88. The first-order valence-corrected chi connectivity index (χ1v) is 4.44. The fourth-order valence-electron chi connectivity index (χ4n) is 1.67. The molecule has 6 heteroatoms. The van der Waals surface area contributed by atoms with Crippen molar-refractivity contribution in [2.75, 3.05) is 0 Å². The van der Waals surface area contributed by atoms with Crippen molar-refractivity contribution in [2.24, 2.45) is 0 Å². The van der Waals surface area contributed by atoms with Crippen molar-refractivity contribution in [3.63, 3.8) is 0 Å². The van der Waals surface area contributed by atoms with Crippen molar-refractivity contribution < 1.29 is 28.8 Å². The molecular formula is C8H12O6. The van der Waals surface area contributed by atoms with Gasteiger partial charge in [0.25, 0.3) is 6.48 Å². The number of aliphatic hydroxyl groups is 1. The van der Waals surface area contributed by atoms with Crippen LogP contribution in [-0.2, 0) is 18.9 Å². The standard InChI is InChI=1S/C8H12O6/c1-3-5(13-7(9)11-3)6-4(2)12-8(10)14-6/h3-7,9H,1-2H3. The van der Waals surface area contributed by atoms with Gasteiger partial charge in [-0.2, -0.15) is 0 Å². The van der Waals surface area contributed by atoms with E-state index in [1.54, 1.807) is 13.8 Å². The lowest BCUT2D eigenvalue weighted by molar-refractivity contribution is -0.214. The minimum atomic E-state index is -1.25. The van der Waals surface area contributed by atoms with Gasteiger partial charge >= 0.3 is 6.16 Å². The summed E-state index contributed by atoms with van der Waals surface area (Å²) in [6, 6.07) is 0. The summed E-state index contributed by atoms with van der Waals surface area (Å²) in [6.45, 7) is 2.19. The predicted molar refractivity (Wildman–Crippen MR) is 42.2 cm³/mol. The monoisotopic (exact) mass is 204 g/mol. The maximum atomic E-state index is 10.8. The third-order valence-electron chi connectivity index (χ3n) is 2.37. The van der Waals surface area contributed by atoms with Gasteiger partial charge in [0, 0.05) is 0 Å². The fourth-order valence-corrected chi connectivity index (χ4v) is 1.67. The molecule has 2 aliphatic rings. The smallest absolute Gasteiger partial charge is 0.427 e. The Hall–Kier alpha value is -0.850. The van der Waals surface area contributed by atoms with Gasteiger partial charge in [-0.05, 0) is 13.8 Å². The van der Waals surface area contributed by atoms with Crippen LogP contribution in [0.25, 0.3) is 0 Å². The van der Waals surface area contributed by atoms with E-state index in [-0.39, 0.29) is 12.2 Å². The Bertz CT molecular complexity index is 242. The molecule has 5 atom stereocenters. The molecule has 0 amide bonds. The molecule has 0 aromatic heterocycles. The predicted octanol–water partition coefficient (Wildman–Crippen LogP) is -0.00990. The molecule has 0 aromatic rings. The van der Waals surface area contributed by atoms with Crippen LogP contribution in [0, 0.1) is 0 Å². The first-order valence-electron chi connectivity index (χ1n) is 4.44. The summed E-state index contributed by atoms with van der Waals surface area (Å²) in [4.78, 5) is 10.8. The molecule has 0 aromatic carbocycles. The van der Waals surface area contributed by atoms with E-state index < -0.39 is 24.8 Å². The third kappa shape index (κ3) is 1.56. The third-order valence-corrected chi connectivity index (χ3v) is 2.37. The van der Waals surface area contributed by atoms with Gasteiger partial charge in [0.2, 0.25) is 0 Å². The average molecular weight is 204 g/mol. The fraction of sp³-hybridized carbons (Fsp3) is 0.875. The molecule has 2 saturated heterocycles. The SMILES string of the molecule is CC1OC(=O)OC1C1OC(O)OC1C. The van der Waals surface area contributed by atoms with E-state index >= 15 is 0 Å². The molecule has 0 radical (unpaired) electrons. The number of aliphatic hydroxyl groups excluding tert-OH is 1. The van der Waals surface area contributed by atoms with Crippen LogP contribution in [0.15, 0.2) is 0 Å². The molecule has 6 nitrogen and oxygen atoms in total. The number of cyclic esters (lactones) is 2. The van der Waals surface area contributed by atoms with Crippen LogP contribution in [0.3, 0.4) is 0 Å². The number of hydrogen-bond donors (Lipinski definition) is 1. The zero-order chi connectivity index (χ0) is 10.3. The number of hydrogen-bond acceptors (Lipinski definition) is 6. The second-order valence-corrected chi connectivity index (χ2v) is 3.40. The van der Waals surface area contributed by atoms with Gasteiger partial charge in [0.05, 0.1) is 6.10 Å². The quantitative estimate of drug-likeness (QED) is 0.605. The first kappa shape index (κ1) is 9.70. The van der Waals surface area contributed by atoms with Gasteiger partial charge in [-0.15, -0.1) is 0 Å². The molecule has 0 aliphatic carbocycles. The summed E-state index contributed by atoms with van der Waals surface area (Å²) in [5, 5.41) is 9.06. The Balaban J connectivity index is 2.04. The molecule has 80 valence electrons. The van der Waals surface area contributed by atoms with E-state index in [1.165, 1.54) is 0 Å². The summed E-state index contributed by atoms with van der Waals surface area (Å²) in [6.07, 6.45) is -2.42. The number of carbonyl (C=O) groups is 1. The van der Waals surface area contributed by atoms with Gasteiger partial charge in [-0.25, -0.2) is 4.79 Å². The second kappa shape index (κ2) is 3.38. The summed E-state index contributed by atoms with van der Waals surface area (Å²) >= 11 is 0. The lowest BCUT2D eigenvalue weighted by Gasteiger charge is -2.19. The van der Waals surface area contributed by atoms with E-state index in [9.17, 15) is 4.79 Å². The van der Waals surface area contributed by atoms with Gasteiger partial charge in [0.1, 0.15) is 12.2 Å². The highest BCUT2D eigenvalue weighted by Crippen LogP contribution is 2.28. The molecule has 2 rings (SSSR count). The molecule has 2 heterocycles. The van der Waals surface area contributed by atoms with Crippen molar-refractivity contribution in [1.29, 1.82) is 0 Å². The topological polar surface area (TPSA) is 74.2 Å². The van der Waals surface area contributed by atoms with E-state index in [4.69, 9.17) is 24.1 Å². The zero-order valence-electron chi connectivity index (χ0n) is 7.88. The number of carbonyl (C=O) groups excluding carboxylic acids is 1. The van der Waals surface area contributed by atoms with Gasteiger partial charge in [0.15, 0.2) is 6.10 Å². The van der Waals surface area contributed by atoms with Crippen LogP contribution in [0.2, 0.25) is 0 Å². The van der Waals surface area contributed by atoms with Crippen LogP contribution >= 0.6 is 0 Å². The molecule has 14 heavy (non-hydrogen) atoms. The van der Waals surface area contributed by atoms with E-state index in [0.29, 0.717) is 0 Å². The number of ether oxygens (including phenoxy) is 4. The van der Waals surface area contributed by atoms with Crippen LogP contribution in [-0.4, -0.2) is 42.2 Å². The van der Waals surface area contributed by atoms with Crippen molar-refractivity contribution in [1.82, 2.24) is 0 Å². The maximum Gasteiger partial charge on any atom is 0.509 e. The van der Waals surface area contributed by atoms with E-state index in [1.807, 2.05) is 0 Å². The van der Waals surface area contributed by atoms with Crippen LogP contribution in [0.5, 0.6) is 0 Å². The summed E-state index contributed by atoms with van der Waals surface area (Å²) in [7, 11) is 0. The van der Waals surface area contributed by atoms with Gasteiger partial charge in [-0.3, -0.25) is 0 Å². The van der Waals surface area contributed by atoms with Gasteiger partial charge in [-0.1, -0.05) is 0 Å². The van der Waals surface area contributed by atoms with Crippen LogP contribution in [0.1, 0.15) is 13.8 Å². The van der Waals surface area contributed by atoms with Crippen molar-refractivity contribution in [2.45, 2.75) is 44.7 Å². The average Bonchev–Trinajstić information content (AvgIpc) is 2.55. The summed E-state index contributed by atoms with van der Waals surface area (Å²) in [5.41, 5.74) is 0. The van der Waals surface area contributed by atoms with E-state index in [2.05, 4.69) is 0 Å². The molecule has 2 fully saturated rings. The minimum absolute atomic E-state index is 0.327. The second-order valence-electron chi connectivity index (χ2n) is 3.40. The highest BCUT2D eigenvalue weighted by molar-refractivity contribution is 5.62. The Morgan fingerprint density at radius 2 is 1.79 bits per heavy atom. The molecule has 0 bridgehead atoms. The van der Waals surface area contributed by atoms with Crippen molar-refractivity contribution in [3.8, 4) is 0 Å². The lowest BCUT2D eigenvalue weighted by atomic mass is 10.1. The van der Waals surface area contributed by atoms with Crippen molar-refractivity contribution >= 4 is 6.16 Å². The Kier molecular flexibility index (Phi) is 2.34. The summed E-state index contributed by atoms with van der Waals surface area (Å²) in [5.74, 6) is 0.